The first-order valence-corrected chi connectivity index (χ1v) is 6.72. The second-order valence-electron chi connectivity index (χ2n) is 5.88. The number of nitrogen functional groups attached to an aromatic ring is 1. The van der Waals surface area contributed by atoms with Crippen molar-refractivity contribution < 1.29 is 4.74 Å². The number of ether oxygens (including phenoxy) is 1. The van der Waals surface area contributed by atoms with Crippen molar-refractivity contribution in [1.29, 1.82) is 0 Å². The Balaban J connectivity index is 2.36. The minimum Gasteiger partial charge on any atom is -0.495 e. The standard InChI is InChI=1S/C17H22N2O/c1-17(2,3)13-7-5-6-8-15(13)19-12-9-10-14(18)16(11-12)20-4/h5-11,19H,18H2,1-4H3. The van der Waals surface area contributed by atoms with Crippen molar-refractivity contribution in [2.75, 3.05) is 18.2 Å². The Morgan fingerprint density at radius 1 is 1.05 bits per heavy atom. The number of hydrogen-bond acceptors (Lipinski definition) is 3. The molecule has 0 aliphatic carbocycles. The first-order chi connectivity index (χ1) is 9.41. The van der Waals surface area contributed by atoms with Crippen molar-refractivity contribution in [2.24, 2.45) is 0 Å². The lowest BCUT2D eigenvalue weighted by molar-refractivity contribution is 0.417. The van der Waals surface area contributed by atoms with Crippen LogP contribution in [0.25, 0.3) is 0 Å². The summed E-state index contributed by atoms with van der Waals surface area (Å²) in [6, 6.07) is 14.1. The summed E-state index contributed by atoms with van der Waals surface area (Å²) >= 11 is 0. The minimum atomic E-state index is 0.0848. The zero-order valence-corrected chi connectivity index (χ0v) is 12.5. The van der Waals surface area contributed by atoms with Crippen LogP contribution in [0.5, 0.6) is 5.75 Å². The zero-order chi connectivity index (χ0) is 14.8. The van der Waals surface area contributed by atoms with E-state index in [1.807, 2.05) is 24.3 Å². The van der Waals surface area contributed by atoms with E-state index in [4.69, 9.17) is 10.5 Å². The van der Waals surface area contributed by atoms with Gasteiger partial charge in [0.05, 0.1) is 12.8 Å². The summed E-state index contributed by atoms with van der Waals surface area (Å²) in [7, 11) is 1.62. The number of para-hydroxylation sites is 1. The van der Waals surface area contributed by atoms with E-state index in [0.29, 0.717) is 11.4 Å². The van der Waals surface area contributed by atoms with Crippen LogP contribution in [0.1, 0.15) is 26.3 Å². The Morgan fingerprint density at radius 3 is 2.40 bits per heavy atom. The number of hydrogen-bond donors (Lipinski definition) is 2. The molecule has 0 unspecified atom stereocenters. The van der Waals surface area contributed by atoms with Crippen LogP contribution in [0.4, 0.5) is 17.1 Å². The second kappa shape index (κ2) is 5.45. The predicted molar refractivity (Wildman–Crippen MR) is 85.8 cm³/mol. The van der Waals surface area contributed by atoms with Gasteiger partial charge in [-0.1, -0.05) is 39.0 Å². The van der Waals surface area contributed by atoms with E-state index in [-0.39, 0.29) is 5.41 Å². The average Bonchev–Trinajstić information content (AvgIpc) is 2.40. The molecular weight excluding hydrogens is 248 g/mol. The second-order valence-corrected chi connectivity index (χ2v) is 5.88. The van der Waals surface area contributed by atoms with Crippen LogP contribution in [-0.4, -0.2) is 7.11 Å². The van der Waals surface area contributed by atoms with Crippen molar-refractivity contribution in [1.82, 2.24) is 0 Å². The third-order valence-corrected chi connectivity index (χ3v) is 3.25. The highest BCUT2D eigenvalue weighted by atomic mass is 16.5. The predicted octanol–water partition coefficient (Wildman–Crippen LogP) is 4.32. The van der Waals surface area contributed by atoms with Gasteiger partial charge < -0.3 is 15.8 Å². The molecular formula is C17H22N2O. The highest BCUT2D eigenvalue weighted by Gasteiger charge is 2.17. The van der Waals surface area contributed by atoms with Gasteiger partial charge >= 0.3 is 0 Å². The molecule has 0 aromatic heterocycles. The maximum absolute atomic E-state index is 5.84. The highest BCUT2D eigenvalue weighted by Crippen LogP contribution is 2.33. The van der Waals surface area contributed by atoms with Crippen molar-refractivity contribution in [2.45, 2.75) is 26.2 Å². The van der Waals surface area contributed by atoms with Gasteiger partial charge in [-0.05, 0) is 29.2 Å². The first kappa shape index (κ1) is 14.3. The summed E-state index contributed by atoms with van der Waals surface area (Å²) in [5, 5.41) is 3.45. The molecule has 3 heteroatoms. The lowest BCUT2D eigenvalue weighted by Crippen LogP contribution is -2.13. The van der Waals surface area contributed by atoms with E-state index in [1.165, 1.54) is 5.56 Å². The third-order valence-electron chi connectivity index (χ3n) is 3.25. The molecule has 0 aliphatic rings. The Hall–Kier alpha value is -2.16. The van der Waals surface area contributed by atoms with Crippen LogP contribution in [0.15, 0.2) is 42.5 Å². The number of nitrogens with one attached hydrogen (secondary N) is 1. The van der Waals surface area contributed by atoms with Crippen LogP contribution in [0, 0.1) is 0 Å². The van der Waals surface area contributed by atoms with Crippen LogP contribution in [0.2, 0.25) is 0 Å². The normalized spacial score (nSPS) is 11.2. The number of nitrogens with two attached hydrogens (primary N) is 1. The average molecular weight is 270 g/mol. The van der Waals surface area contributed by atoms with Crippen LogP contribution in [-0.2, 0) is 5.41 Å². The van der Waals surface area contributed by atoms with Crippen molar-refractivity contribution in [3.63, 3.8) is 0 Å². The molecule has 2 aromatic carbocycles. The fraction of sp³-hybridized carbons (Fsp3) is 0.294. The largest absolute Gasteiger partial charge is 0.495 e. The molecule has 0 fully saturated rings. The van der Waals surface area contributed by atoms with Crippen LogP contribution in [0.3, 0.4) is 0 Å². The lowest BCUT2D eigenvalue weighted by atomic mass is 9.86. The molecule has 20 heavy (non-hydrogen) atoms. The molecule has 0 aliphatic heterocycles. The fourth-order valence-electron chi connectivity index (χ4n) is 2.19. The van der Waals surface area contributed by atoms with Gasteiger partial charge in [0, 0.05) is 17.4 Å². The topological polar surface area (TPSA) is 47.3 Å². The molecule has 2 rings (SSSR count). The third kappa shape index (κ3) is 3.05. The molecule has 0 saturated heterocycles. The van der Waals surface area contributed by atoms with Crippen LogP contribution < -0.4 is 15.8 Å². The van der Waals surface area contributed by atoms with E-state index in [2.05, 4.69) is 44.3 Å². The Morgan fingerprint density at radius 2 is 1.75 bits per heavy atom. The Bertz CT molecular complexity index is 600. The Labute approximate surface area is 120 Å². The van der Waals surface area contributed by atoms with E-state index in [1.54, 1.807) is 7.11 Å². The maximum Gasteiger partial charge on any atom is 0.143 e. The van der Waals surface area contributed by atoms with E-state index in [0.717, 1.165) is 11.4 Å². The molecule has 2 aromatic rings. The monoisotopic (exact) mass is 270 g/mol. The smallest absolute Gasteiger partial charge is 0.143 e. The van der Waals surface area contributed by atoms with E-state index in [9.17, 15) is 0 Å². The van der Waals surface area contributed by atoms with Crippen molar-refractivity contribution in [3.8, 4) is 5.75 Å². The van der Waals surface area contributed by atoms with E-state index >= 15 is 0 Å². The molecule has 106 valence electrons. The number of rotatable bonds is 3. The SMILES string of the molecule is COc1cc(Nc2ccccc2C(C)(C)C)ccc1N. The van der Waals surface area contributed by atoms with Gasteiger partial charge in [-0.3, -0.25) is 0 Å². The summed E-state index contributed by atoms with van der Waals surface area (Å²) in [4.78, 5) is 0. The minimum absolute atomic E-state index is 0.0848. The molecule has 0 atom stereocenters. The van der Waals surface area contributed by atoms with Gasteiger partial charge in [0.2, 0.25) is 0 Å². The van der Waals surface area contributed by atoms with Gasteiger partial charge in [0.1, 0.15) is 5.75 Å². The quantitative estimate of drug-likeness (QED) is 0.817. The number of methoxy groups -OCH3 is 1. The summed E-state index contributed by atoms with van der Waals surface area (Å²) < 4.78 is 5.26. The van der Waals surface area contributed by atoms with Gasteiger partial charge in [-0.2, -0.15) is 0 Å². The molecule has 0 heterocycles. The van der Waals surface area contributed by atoms with Gasteiger partial charge in [-0.25, -0.2) is 0 Å². The fourth-order valence-corrected chi connectivity index (χ4v) is 2.19. The van der Waals surface area contributed by atoms with Gasteiger partial charge in [0.25, 0.3) is 0 Å². The van der Waals surface area contributed by atoms with E-state index < -0.39 is 0 Å². The van der Waals surface area contributed by atoms with Crippen molar-refractivity contribution in [3.05, 3.63) is 48.0 Å². The maximum atomic E-state index is 5.84. The molecule has 0 bridgehead atoms. The summed E-state index contributed by atoms with van der Waals surface area (Å²) in [6.07, 6.45) is 0. The highest BCUT2D eigenvalue weighted by molar-refractivity contribution is 5.69. The molecule has 0 radical (unpaired) electrons. The summed E-state index contributed by atoms with van der Waals surface area (Å²) in [6.45, 7) is 6.62. The van der Waals surface area contributed by atoms with Gasteiger partial charge in [0.15, 0.2) is 0 Å². The van der Waals surface area contributed by atoms with Crippen LogP contribution >= 0.6 is 0 Å². The molecule has 0 amide bonds. The zero-order valence-electron chi connectivity index (χ0n) is 12.5. The number of benzene rings is 2. The molecule has 0 spiro atoms. The summed E-state index contributed by atoms with van der Waals surface area (Å²) in [5.74, 6) is 0.684. The molecule has 3 N–H and O–H groups in total. The molecule has 3 nitrogen and oxygen atoms in total. The Kier molecular flexibility index (Phi) is 3.89. The molecule has 0 saturated carbocycles. The van der Waals surface area contributed by atoms with Gasteiger partial charge in [-0.15, -0.1) is 0 Å². The van der Waals surface area contributed by atoms with Crippen molar-refractivity contribution >= 4 is 17.1 Å². The number of anilines is 3. The summed E-state index contributed by atoms with van der Waals surface area (Å²) in [5.41, 5.74) is 9.91. The first-order valence-electron chi connectivity index (χ1n) is 6.72. The lowest BCUT2D eigenvalue weighted by Gasteiger charge is -2.23.